The summed E-state index contributed by atoms with van der Waals surface area (Å²) >= 11 is 0. The molecule has 0 unspecified atom stereocenters. The molecule has 1 amide bonds. The van der Waals surface area contributed by atoms with Crippen molar-refractivity contribution < 1.29 is 27.5 Å². The highest BCUT2D eigenvalue weighted by Gasteiger charge is 2.14. The molecule has 0 saturated heterocycles. The number of hydrogen-bond donors (Lipinski definition) is 2. The number of primary sulfonamides is 1. The number of rotatable bonds is 8. The number of methoxy groups -OCH3 is 1. The van der Waals surface area contributed by atoms with E-state index in [-0.39, 0.29) is 10.5 Å². The molecule has 3 N–H and O–H groups in total. The summed E-state index contributed by atoms with van der Waals surface area (Å²) in [6.07, 6.45) is 0.483. The Balaban J connectivity index is 1.77. The van der Waals surface area contributed by atoms with Gasteiger partial charge in [-0.15, -0.1) is 0 Å². The minimum absolute atomic E-state index is 0.0264. The number of carbonyl (C=O) groups excluding carboxylic acids is 2. The van der Waals surface area contributed by atoms with Gasteiger partial charge in [-0.05, 0) is 36.2 Å². The highest BCUT2D eigenvalue weighted by Crippen LogP contribution is 2.18. The second-order valence-electron chi connectivity index (χ2n) is 5.57. The van der Waals surface area contributed by atoms with E-state index in [9.17, 15) is 18.0 Å². The van der Waals surface area contributed by atoms with E-state index in [4.69, 9.17) is 14.6 Å². The molecule has 0 saturated carbocycles. The third-order valence-electron chi connectivity index (χ3n) is 3.65. The monoisotopic (exact) mass is 392 g/mol. The summed E-state index contributed by atoms with van der Waals surface area (Å²) in [6, 6.07) is 12.6. The SMILES string of the molecule is COc1ccccc1C(=O)OCC(=O)NCCc1ccc(S(N)(=O)=O)cc1. The first-order chi connectivity index (χ1) is 12.8. The van der Waals surface area contributed by atoms with Crippen LogP contribution in [0.5, 0.6) is 5.75 Å². The fraction of sp³-hybridized carbons (Fsp3) is 0.222. The topological polar surface area (TPSA) is 125 Å². The quantitative estimate of drug-likeness (QED) is 0.642. The highest BCUT2D eigenvalue weighted by molar-refractivity contribution is 7.89. The normalized spacial score (nSPS) is 10.9. The minimum atomic E-state index is -3.72. The molecule has 0 atom stereocenters. The maximum absolute atomic E-state index is 12.0. The van der Waals surface area contributed by atoms with Crippen LogP contribution in [0.25, 0.3) is 0 Å². The van der Waals surface area contributed by atoms with Crippen molar-refractivity contribution in [3.05, 3.63) is 59.7 Å². The summed E-state index contributed by atoms with van der Waals surface area (Å²) in [5.41, 5.74) is 1.07. The minimum Gasteiger partial charge on any atom is -0.496 e. The van der Waals surface area contributed by atoms with Crippen LogP contribution >= 0.6 is 0 Å². The summed E-state index contributed by atoms with van der Waals surface area (Å²) in [5, 5.41) is 7.65. The average Bonchev–Trinajstić information content (AvgIpc) is 2.65. The number of para-hydroxylation sites is 1. The Morgan fingerprint density at radius 3 is 2.37 bits per heavy atom. The predicted molar refractivity (Wildman–Crippen MR) is 97.8 cm³/mol. The molecule has 0 aliphatic rings. The van der Waals surface area contributed by atoms with Crippen molar-refractivity contribution in [2.75, 3.05) is 20.3 Å². The second-order valence-corrected chi connectivity index (χ2v) is 7.13. The maximum atomic E-state index is 12.0. The Hall–Kier alpha value is -2.91. The maximum Gasteiger partial charge on any atom is 0.342 e. The standard InChI is InChI=1S/C18H20N2O6S/c1-25-16-5-3-2-4-15(16)18(22)26-12-17(21)20-11-10-13-6-8-14(9-7-13)27(19,23)24/h2-9H,10-12H2,1H3,(H,20,21)(H2,19,23,24). The molecule has 27 heavy (non-hydrogen) atoms. The van der Waals surface area contributed by atoms with Gasteiger partial charge in [0, 0.05) is 6.54 Å². The Kier molecular flexibility index (Phi) is 6.91. The van der Waals surface area contributed by atoms with Crippen LogP contribution in [0.2, 0.25) is 0 Å². The van der Waals surface area contributed by atoms with Gasteiger partial charge in [-0.3, -0.25) is 4.79 Å². The van der Waals surface area contributed by atoms with Crippen molar-refractivity contribution in [1.29, 1.82) is 0 Å². The first kappa shape index (κ1) is 20.4. The van der Waals surface area contributed by atoms with E-state index in [2.05, 4.69) is 5.32 Å². The van der Waals surface area contributed by atoms with Crippen molar-refractivity contribution in [2.45, 2.75) is 11.3 Å². The van der Waals surface area contributed by atoms with Gasteiger partial charge in [-0.1, -0.05) is 24.3 Å². The molecule has 0 fully saturated rings. The molecule has 144 valence electrons. The smallest absolute Gasteiger partial charge is 0.342 e. The highest BCUT2D eigenvalue weighted by atomic mass is 32.2. The summed E-state index contributed by atoms with van der Waals surface area (Å²) in [4.78, 5) is 23.8. The fourth-order valence-electron chi connectivity index (χ4n) is 2.27. The van der Waals surface area contributed by atoms with Gasteiger partial charge in [0.1, 0.15) is 11.3 Å². The van der Waals surface area contributed by atoms with E-state index < -0.39 is 28.5 Å². The Morgan fingerprint density at radius 2 is 1.74 bits per heavy atom. The number of sulfonamides is 1. The van der Waals surface area contributed by atoms with E-state index >= 15 is 0 Å². The van der Waals surface area contributed by atoms with Gasteiger partial charge < -0.3 is 14.8 Å². The van der Waals surface area contributed by atoms with Crippen LogP contribution in [-0.2, 0) is 26.0 Å². The van der Waals surface area contributed by atoms with Gasteiger partial charge in [0.05, 0.1) is 12.0 Å². The summed E-state index contributed by atoms with van der Waals surface area (Å²) in [7, 11) is -2.29. The Bertz CT molecular complexity index is 910. The number of nitrogens with two attached hydrogens (primary N) is 1. The van der Waals surface area contributed by atoms with Gasteiger partial charge in [-0.2, -0.15) is 0 Å². The Labute approximate surface area is 157 Å². The molecule has 0 aliphatic heterocycles. The molecule has 0 aromatic heterocycles. The van der Waals surface area contributed by atoms with Crippen LogP contribution in [0.1, 0.15) is 15.9 Å². The summed E-state index contributed by atoms with van der Waals surface area (Å²) in [6.45, 7) is -0.110. The number of esters is 1. The van der Waals surface area contributed by atoms with Crippen LogP contribution < -0.4 is 15.2 Å². The second kappa shape index (κ2) is 9.15. The molecule has 9 heteroatoms. The Morgan fingerprint density at radius 1 is 1.07 bits per heavy atom. The molecule has 0 bridgehead atoms. The van der Waals surface area contributed by atoms with Crippen LogP contribution in [0.4, 0.5) is 0 Å². The van der Waals surface area contributed by atoms with Crippen LogP contribution in [0, 0.1) is 0 Å². The van der Waals surface area contributed by atoms with Crippen molar-refractivity contribution in [2.24, 2.45) is 5.14 Å². The number of hydrogen-bond acceptors (Lipinski definition) is 6. The number of amides is 1. The first-order valence-corrected chi connectivity index (χ1v) is 9.54. The lowest BCUT2D eigenvalue weighted by Crippen LogP contribution is -2.30. The van der Waals surface area contributed by atoms with Gasteiger partial charge in [-0.25, -0.2) is 18.4 Å². The number of carbonyl (C=O) groups is 2. The van der Waals surface area contributed by atoms with Gasteiger partial charge in [0.2, 0.25) is 10.0 Å². The molecule has 0 aliphatic carbocycles. The lowest BCUT2D eigenvalue weighted by atomic mass is 10.1. The molecule has 2 aromatic rings. The zero-order valence-electron chi connectivity index (χ0n) is 14.7. The lowest BCUT2D eigenvalue weighted by Gasteiger charge is -2.09. The number of nitrogens with one attached hydrogen (secondary N) is 1. The van der Waals surface area contributed by atoms with Gasteiger partial charge >= 0.3 is 5.97 Å². The van der Waals surface area contributed by atoms with Crippen LogP contribution in [-0.4, -0.2) is 40.6 Å². The number of ether oxygens (including phenoxy) is 2. The zero-order valence-corrected chi connectivity index (χ0v) is 15.5. The molecule has 2 rings (SSSR count). The van der Waals surface area contributed by atoms with Gasteiger partial charge in [0.15, 0.2) is 6.61 Å². The average molecular weight is 392 g/mol. The van der Waals surface area contributed by atoms with Crippen molar-refractivity contribution in [1.82, 2.24) is 5.32 Å². The number of benzene rings is 2. The van der Waals surface area contributed by atoms with E-state index in [0.29, 0.717) is 18.7 Å². The molecule has 0 heterocycles. The van der Waals surface area contributed by atoms with Crippen molar-refractivity contribution in [3.63, 3.8) is 0 Å². The third kappa shape index (κ3) is 6.08. The molecule has 0 spiro atoms. The van der Waals surface area contributed by atoms with Crippen LogP contribution in [0.15, 0.2) is 53.4 Å². The molecular weight excluding hydrogens is 372 g/mol. The van der Waals surface area contributed by atoms with Gasteiger partial charge in [0.25, 0.3) is 5.91 Å². The third-order valence-corrected chi connectivity index (χ3v) is 4.58. The first-order valence-electron chi connectivity index (χ1n) is 8.00. The fourth-order valence-corrected chi connectivity index (χ4v) is 2.78. The molecule has 8 nitrogen and oxygen atoms in total. The largest absolute Gasteiger partial charge is 0.496 e. The van der Waals surface area contributed by atoms with Crippen molar-refractivity contribution >= 4 is 21.9 Å². The predicted octanol–water partition coefficient (Wildman–Crippen LogP) is 0.858. The zero-order chi connectivity index (χ0) is 19.9. The van der Waals surface area contributed by atoms with Crippen molar-refractivity contribution in [3.8, 4) is 5.75 Å². The summed E-state index contributed by atoms with van der Waals surface area (Å²) < 4.78 is 32.4. The van der Waals surface area contributed by atoms with E-state index in [1.54, 1.807) is 36.4 Å². The summed E-state index contributed by atoms with van der Waals surface area (Å²) in [5.74, 6) is -0.730. The molecule has 0 radical (unpaired) electrons. The van der Waals surface area contributed by atoms with E-state index in [0.717, 1.165) is 5.56 Å². The lowest BCUT2D eigenvalue weighted by molar-refractivity contribution is -0.124. The van der Waals surface area contributed by atoms with Crippen LogP contribution in [0.3, 0.4) is 0 Å². The molecule has 2 aromatic carbocycles. The van der Waals surface area contributed by atoms with E-state index in [1.807, 2.05) is 0 Å². The van der Waals surface area contributed by atoms with E-state index in [1.165, 1.54) is 19.2 Å². The molecular formula is C18H20N2O6S.